The van der Waals surface area contributed by atoms with E-state index in [1.165, 1.54) is 0 Å². The smallest absolute Gasteiger partial charge is 0.223 e. The summed E-state index contributed by atoms with van der Waals surface area (Å²) in [6.45, 7) is 6.08. The molecule has 1 N–H and O–H groups in total. The predicted molar refractivity (Wildman–Crippen MR) is 97.4 cm³/mol. The third kappa shape index (κ3) is 4.20. The summed E-state index contributed by atoms with van der Waals surface area (Å²) in [7, 11) is 0. The number of hydrogen-bond donors (Lipinski definition) is 1. The summed E-state index contributed by atoms with van der Waals surface area (Å²) in [6.07, 6.45) is 0. The Morgan fingerprint density at radius 2 is 1.71 bits per heavy atom. The molecule has 0 aliphatic carbocycles. The molecule has 5 nitrogen and oxygen atoms in total. The number of carbonyl (C=O) groups is 1. The second-order valence-electron chi connectivity index (χ2n) is 5.10. The van der Waals surface area contributed by atoms with Crippen LogP contribution < -0.4 is 10.3 Å². The maximum Gasteiger partial charge on any atom is 0.223 e. The molecule has 0 saturated heterocycles. The van der Waals surface area contributed by atoms with Crippen molar-refractivity contribution in [2.45, 2.75) is 13.8 Å². The molecule has 0 amide bonds. The molecule has 0 spiro atoms. The van der Waals surface area contributed by atoms with Crippen molar-refractivity contribution in [3.8, 4) is 6.07 Å². The molecule has 2 aromatic carbocycles. The van der Waals surface area contributed by atoms with Crippen molar-refractivity contribution < 1.29 is 4.79 Å². The molecule has 0 aliphatic heterocycles. The van der Waals surface area contributed by atoms with Crippen molar-refractivity contribution in [1.29, 1.82) is 5.26 Å². The summed E-state index contributed by atoms with van der Waals surface area (Å²) in [5, 5.41) is 13.1. The summed E-state index contributed by atoms with van der Waals surface area (Å²) >= 11 is 0. The summed E-state index contributed by atoms with van der Waals surface area (Å²) in [5.41, 5.74) is 4.89. The molecule has 0 aliphatic rings. The molecule has 2 rings (SSSR count). The minimum Gasteiger partial charge on any atom is -0.372 e. The van der Waals surface area contributed by atoms with E-state index in [-0.39, 0.29) is 5.71 Å². The van der Waals surface area contributed by atoms with Gasteiger partial charge in [-0.05, 0) is 38.1 Å². The normalized spacial score (nSPS) is 10.8. The topological polar surface area (TPSA) is 68.5 Å². The highest BCUT2D eigenvalue weighted by atomic mass is 16.1. The average Bonchev–Trinajstić information content (AvgIpc) is 2.65. The van der Waals surface area contributed by atoms with Gasteiger partial charge in [-0.3, -0.25) is 10.2 Å². The van der Waals surface area contributed by atoms with E-state index >= 15 is 0 Å². The summed E-state index contributed by atoms with van der Waals surface area (Å²) in [5.74, 6) is -0.398. The Morgan fingerprint density at radius 3 is 2.25 bits per heavy atom. The summed E-state index contributed by atoms with van der Waals surface area (Å²) < 4.78 is 0. The lowest BCUT2D eigenvalue weighted by Gasteiger charge is -2.21. The van der Waals surface area contributed by atoms with Gasteiger partial charge in [0, 0.05) is 24.3 Å². The summed E-state index contributed by atoms with van der Waals surface area (Å²) in [6, 6.07) is 18.2. The second-order valence-corrected chi connectivity index (χ2v) is 5.10. The molecule has 0 saturated carbocycles. The Kier molecular flexibility index (Phi) is 6.09. The van der Waals surface area contributed by atoms with Gasteiger partial charge in [0.05, 0.1) is 5.69 Å². The fraction of sp³-hybridized carbons (Fsp3) is 0.211. The van der Waals surface area contributed by atoms with Crippen LogP contribution in [-0.4, -0.2) is 24.6 Å². The quantitative estimate of drug-likeness (QED) is 0.480. The van der Waals surface area contributed by atoms with Gasteiger partial charge >= 0.3 is 0 Å². The van der Waals surface area contributed by atoms with Gasteiger partial charge in [-0.25, -0.2) is 0 Å². The van der Waals surface area contributed by atoms with Gasteiger partial charge in [-0.1, -0.05) is 30.3 Å². The molecule has 0 aromatic heterocycles. The van der Waals surface area contributed by atoms with Crippen LogP contribution >= 0.6 is 0 Å². The van der Waals surface area contributed by atoms with Crippen LogP contribution in [0, 0.1) is 11.3 Å². The van der Waals surface area contributed by atoms with Gasteiger partial charge < -0.3 is 4.90 Å². The van der Waals surface area contributed by atoms with Crippen LogP contribution in [0.1, 0.15) is 24.2 Å². The molecule has 24 heavy (non-hydrogen) atoms. The van der Waals surface area contributed by atoms with Crippen LogP contribution in [0.3, 0.4) is 0 Å². The van der Waals surface area contributed by atoms with Gasteiger partial charge in [0.1, 0.15) is 6.07 Å². The SMILES string of the molecule is CCN(CC)c1ccc(N/N=C(/C#N)C(=O)c2ccccc2)cc1. The second kappa shape index (κ2) is 8.49. The number of hydrazone groups is 1. The van der Waals surface area contributed by atoms with Gasteiger partial charge in [0.15, 0.2) is 0 Å². The monoisotopic (exact) mass is 320 g/mol. The Bertz CT molecular complexity index is 741. The first-order valence-electron chi connectivity index (χ1n) is 7.88. The third-order valence-corrected chi connectivity index (χ3v) is 3.65. The largest absolute Gasteiger partial charge is 0.372 e. The zero-order valence-electron chi connectivity index (χ0n) is 13.9. The highest BCUT2D eigenvalue weighted by Gasteiger charge is 2.13. The molecule has 2 aromatic rings. The van der Waals surface area contributed by atoms with Crippen LogP contribution in [0.25, 0.3) is 0 Å². The number of rotatable bonds is 7. The van der Waals surface area contributed by atoms with Gasteiger partial charge in [0.25, 0.3) is 0 Å². The van der Waals surface area contributed by atoms with E-state index < -0.39 is 5.78 Å². The Labute approximate surface area is 142 Å². The number of carbonyl (C=O) groups excluding carboxylic acids is 1. The van der Waals surface area contributed by atoms with Gasteiger partial charge in [-0.2, -0.15) is 10.4 Å². The zero-order chi connectivity index (χ0) is 17.4. The number of nitrogens with one attached hydrogen (secondary N) is 1. The van der Waals surface area contributed by atoms with Crippen molar-refractivity contribution in [1.82, 2.24) is 0 Å². The van der Waals surface area contributed by atoms with Crippen molar-refractivity contribution in [3.63, 3.8) is 0 Å². The molecule has 0 atom stereocenters. The van der Waals surface area contributed by atoms with Crippen LogP contribution in [0.5, 0.6) is 0 Å². The molecule has 0 heterocycles. The first-order valence-corrected chi connectivity index (χ1v) is 7.88. The number of Topliss-reactive ketones (excluding diaryl/α,β-unsaturated/α-hetero) is 1. The van der Waals surface area contributed by atoms with Gasteiger partial charge in [0.2, 0.25) is 11.5 Å². The maximum absolute atomic E-state index is 12.2. The molecule has 122 valence electrons. The van der Waals surface area contributed by atoms with E-state index in [4.69, 9.17) is 5.26 Å². The van der Waals surface area contributed by atoms with Crippen LogP contribution in [0.2, 0.25) is 0 Å². The average molecular weight is 320 g/mol. The number of hydrogen-bond acceptors (Lipinski definition) is 5. The molecule has 5 heteroatoms. The number of ketones is 1. The van der Waals surface area contributed by atoms with Crippen molar-refractivity contribution in [2.75, 3.05) is 23.4 Å². The first-order chi connectivity index (χ1) is 11.7. The molecule has 0 bridgehead atoms. The fourth-order valence-corrected chi connectivity index (χ4v) is 2.31. The van der Waals surface area contributed by atoms with Crippen molar-refractivity contribution >= 4 is 22.9 Å². The molecule has 0 fully saturated rings. The minimum atomic E-state index is -0.398. The maximum atomic E-state index is 12.2. The number of anilines is 2. The molecular weight excluding hydrogens is 300 g/mol. The van der Waals surface area contributed by atoms with Crippen LogP contribution in [-0.2, 0) is 0 Å². The Hall–Kier alpha value is -3.13. The Morgan fingerprint density at radius 1 is 1.08 bits per heavy atom. The lowest BCUT2D eigenvalue weighted by atomic mass is 10.1. The summed E-state index contributed by atoms with van der Waals surface area (Å²) in [4.78, 5) is 14.4. The zero-order valence-corrected chi connectivity index (χ0v) is 13.9. The Balaban J connectivity index is 2.11. The van der Waals surface area contributed by atoms with E-state index in [2.05, 4.69) is 29.3 Å². The van der Waals surface area contributed by atoms with Crippen molar-refractivity contribution in [3.05, 3.63) is 60.2 Å². The predicted octanol–water partition coefficient (Wildman–Crippen LogP) is 3.71. The van der Waals surface area contributed by atoms with E-state index in [9.17, 15) is 4.79 Å². The van der Waals surface area contributed by atoms with Gasteiger partial charge in [-0.15, -0.1) is 0 Å². The molecular formula is C19H20N4O. The number of nitrogens with zero attached hydrogens (tertiary/aromatic N) is 3. The molecule has 0 radical (unpaired) electrons. The lowest BCUT2D eigenvalue weighted by molar-refractivity contribution is 0.106. The first kappa shape index (κ1) is 17.2. The lowest BCUT2D eigenvalue weighted by Crippen LogP contribution is -2.21. The van der Waals surface area contributed by atoms with Crippen molar-refractivity contribution in [2.24, 2.45) is 5.10 Å². The molecule has 0 unspecified atom stereocenters. The minimum absolute atomic E-state index is 0.172. The van der Waals surface area contributed by atoms with E-state index in [0.717, 1.165) is 24.5 Å². The highest BCUT2D eigenvalue weighted by Crippen LogP contribution is 2.17. The fourth-order valence-electron chi connectivity index (χ4n) is 2.31. The van der Waals surface area contributed by atoms with Crippen LogP contribution in [0.4, 0.5) is 11.4 Å². The van der Waals surface area contributed by atoms with E-state index in [1.54, 1.807) is 24.3 Å². The third-order valence-electron chi connectivity index (χ3n) is 3.65. The number of nitriles is 1. The standard InChI is InChI=1S/C19H20N4O/c1-3-23(4-2)17-12-10-16(11-13-17)21-22-18(14-20)19(24)15-8-6-5-7-9-15/h5-13,21H,3-4H2,1-2H3/b22-18-. The number of benzene rings is 2. The highest BCUT2D eigenvalue weighted by molar-refractivity contribution is 6.51. The van der Waals surface area contributed by atoms with Crippen LogP contribution in [0.15, 0.2) is 59.7 Å². The van der Waals surface area contributed by atoms with E-state index in [0.29, 0.717) is 5.56 Å². The van der Waals surface area contributed by atoms with E-state index in [1.807, 2.05) is 36.4 Å².